The van der Waals surface area contributed by atoms with Gasteiger partial charge in [-0.2, -0.15) is 5.21 Å². The van der Waals surface area contributed by atoms with E-state index in [9.17, 15) is 9.59 Å². The van der Waals surface area contributed by atoms with Gasteiger partial charge in [0, 0.05) is 18.2 Å². The fraction of sp³-hybridized carbons (Fsp3) is 0.208. The fourth-order valence-corrected chi connectivity index (χ4v) is 3.56. The number of tetrazole rings is 1. The first kappa shape index (κ1) is 21.2. The molecular weight excluding hydrogens is 404 g/mol. The maximum absolute atomic E-state index is 12.9. The van der Waals surface area contributed by atoms with E-state index in [-0.39, 0.29) is 18.0 Å². The van der Waals surface area contributed by atoms with E-state index < -0.39 is 0 Å². The maximum atomic E-state index is 12.9. The smallest absolute Gasteiger partial charge is 0.288 e. The van der Waals surface area contributed by atoms with Crippen LogP contribution in [-0.4, -0.2) is 35.7 Å². The number of aromatic amines is 1. The fourth-order valence-electron chi connectivity index (χ4n) is 3.56. The van der Waals surface area contributed by atoms with E-state index >= 15 is 0 Å². The number of carbonyl (C=O) groups is 1. The highest BCUT2D eigenvalue weighted by molar-refractivity contribution is 5.80. The molecule has 0 amide bonds. The topological polar surface area (TPSA) is 98.5 Å². The molecule has 0 aliphatic carbocycles. The lowest BCUT2D eigenvalue weighted by atomic mass is 9.98. The van der Waals surface area contributed by atoms with Gasteiger partial charge >= 0.3 is 5.69 Å². The Morgan fingerprint density at radius 1 is 1.06 bits per heavy atom. The van der Waals surface area contributed by atoms with Gasteiger partial charge < -0.3 is 0 Å². The van der Waals surface area contributed by atoms with Crippen molar-refractivity contribution in [1.29, 1.82) is 0 Å². The molecule has 8 nitrogen and oxygen atoms in total. The highest BCUT2D eigenvalue weighted by Crippen LogP contribution is 2.29. The lowest BCUT2D eigenvalue weighted by Crippen LogP contribution is -2.28. The summed E-state index contributed by atoms with van der Waals surface area (Å²) in [7, 11) is 0. The van der Waals surface area contributed by atoms with Crippen LogP contribution in [0.3, 0.4) is 0 Å². The standard InChI is InChI=1S/C24H24N6O2/c1-3-5-8-19-16-30(22(31)4-2)24(32)29(19)15-17-11-13-18(14-12-17)20-9-6-7-10-21(20)23-25-27-28-26-23/h5-14,16H,3-4,15H2,1-2H3,(H,25,26,27,28). The van der Waals surface area contributed by atoms with Gasteiger partial charge in [-0.25, -0.2) is 9.36 Å². The Morgan fingerprint density at radius 3 is 2.47 bits per heavy atom. The third-order valence-electron chi connectivity index (χ3n) is 5.22. The number of hydrogen-bond donors (Lipinski definition) is 1. The lowest BCUT2D eigenvalue weighted by Gasteiger charge is -2.09. The summed E-state index contributed by atoms with van der Waals surface area (Å²) in [5.74, 6) is 0.318. The Bertz CT molecular complexity index is 1300. The molecular formula is C24H24N6O2. The summed E-state index contributed by atoms with van der Waals surface area (Å²) < 4.78 is 2.83. The zero-order valence-electron chi connectivity index (χ0n) is 18.0. The van der Waals surface area contributed by atoms with E-state index in [1.54, 1.807) is 17.7 Å². The molecule has 1 N–H and O–H groups in total. The molecule has 0 radical (unpaired) electrons. The summed E-state index contributed by atoms with van der Waals surface area (Å²) in [4.78, 5) is 25.0. The molecule has 0 saturated carbocycles. The Labute approximate surface area is 185 Å². The molecule has 162 valence electrons. The Morgan fingerprint density at radius 2 is 1.81 bits per heavy atom. The quantitative estimate of drug-likeness (QED) is 0.479. The van der Waals surface area contributed by atoms with Crippen molar-refractivity contribution in [1.82, 2.24) is 29.8 Å². The van der Waals surface area contributed by atoms with Gasteiger partial charge in [-0.3, -0.25) is 9.36 Å². The van der Waals surface area contributed by atoms with Crippen molar-refractivity contribution in [2.45, 2.75) is 33.2 Å². The first-order chi connectivity index (χ1) is 15.6. The SMILES string of the molecule is CCC=Cc1cn(C(=O)CC)c(=O)n1Cc1ccc(-c2ccccc2-c2nn[nH]n2)cc1. The van der Waals surface area contributed by atoms with Crippen molar-refractivity contribution in [3.8, 4) is 22.5 Å². The van der Waals surface area contributed by atoms with Crippen LogP contribution in [0.2, 0.25) is 0 Å². The van der Waals surface area contributed by atoms with Crippen LogP contribution in [0.5, 0.6) is 0 Å². The predicted octanol–water partition coefficient (Wildman–Crippen LogP) is 4.02. The molecule has 4 aromatic rings. The minimum absolute atomic E-state index is 0.215. The van der Waals surface area contributed by atoms with Crippen LogP contribution in [0, 0.1) is 0 Å². The van der Waals surface area contributed by atoms with Crippen LogP contribution >= 0.6 is 0 Å². The molecule has 0 aliphatic heterocycles. The number of carbonyl (C=O) groups excluding carboxylic acids is 1. The van der Waals surface area contributed by atoms with Gasteiger partial charge in [-0.1, -0.05) is 68.5 Å². The normalized spacial score (nSPS) is 11.3. The van der Waals surface area contributed by atoms with Crippen molar-refractivity contribution >= 4 is 12.0 Å². The van der Waals surface area contributed by atoms with Crippen LogP contribution in [0.4, 0.5) is 0 Å². The molecule has 2 aromatic heterocycles. The minimum atomic E-state index is -0.320. The van der Waals surface area contributed by atoms with Gasteiger partial charge in [-0.05, 0) is 34.4 Å². The molecule has 0 spiro atoms. The molecule has 0 saturated heterocycles. The zero-order chi connectivity index (χ0) is 22.5. The van der Waals surface area contributed by atoms with Crippen LogP contribution < -0.4 is 5.69 Å². The molecule has 0 fully saturated rings. The molecule has 0 atom stereocenters. The van der Waals surface area contributed by atoms with Gasteiger partial charge in [0.1, 0.15) is 0 Å². The summed E-state index contributed by atoms with van der Waals surface area (Å²) in [6.45, 7) is 4.15. The summed E-state index contributed by atoms with van der Waals surface area (Å²) in [5.41, 5.74) is 4.23. The average Bonchev–Trinajstić information content (AvgIpc) is 3.47. The summed E-state index contributed by atoms with van der Waals surface area (Å²) in [6.07, 6.45) is 6.60. The van der Waals surface area contributed by atoms with Crippen molar-refractivity contribution in [3.63, 3.8) is 0 Å². The number of rotatable bonds is 7. The van der Waals surface area contributed by atoms with E-state index in [0.717, 1.165) is 28.7 Å². The van der Waals surface area contributed by atoms with Gasteiger partial charge in [0.25, 0.3) is 0 Å². The lowest BCUT2D eigenvalue weighted by molar-refractivity contribution is 0.0904. The van der Waals surface area contributed by atoms with Gasteiger partial charge in [0.2, 0.25) is 11.7 Å². The third kappa shape index (κ3) is 4.20. The van der Waals surface area contributed by atoms with Gasteiger partial charge in [-0.15, -0.1) is 10.2 Å². The van der Waals surface area contributed by atoms with Crippen LogP contribution in [0.1, 0.15) is 42.7 Å². The van der Waals surface area contributed by atoms with Gasteiger partial charge in [0.15, 0.2) is 0 Å². The molecule has 2 aromatic carbocycles. The average molecular weight is 428 g/mol. The van der Waals surface area contributed by atoms with Crippen LogP contribution in [0.25, 0.3) is 28.6 Å². The minimum Gasteiger partial charge on any atom is -0.288 e. The second-order valence-corrected chi connectivity index (χ2v) is 7.33. The summed E-state index contributed by atoms with van der Waals surface area (Å²) in [6, 6.07) is 15.9. The van der Waals surface area contributed by atoms with Crippen molar-refractivity contribution in [3.05, 3.63) is 82.5 Å². The highest BCUT2D eigenvalue weighted by atomic mass is 16.2. The molecule has 4 rings (SSSR count). The Hall–Kier alpha value is -4.07. The van der Waals surface area contributed by atoms with Crippen molar-refractivity contribution in [2.24, 2.45) is 0 Å². The molecule has 0 aliphatic rings. The zero-order valence-corrected chi connectivity index (χ0v) is 18.0. The predicted molar refractivity (Wildman–Crippen MR) is 123 cm³/mol. The number of allylic oxidation sites excluding steroid dienone is 1. The molecule has 0 bridgehead atoms. The first-order valence-electron chi connectivity index (χ1n) is 10.6. The third-order valence-corrected chi connectivity index (χ3v) is 5.22. The maximum Gasteiger partial charge on any atom is 0.335 e. The summed E-state index contributed by atoms with van der Waals surface area (Å²) >= 11 is 0. The first-order valence-corrected chi connectivity index (χ1v) is 10.6. The Balaban J connectivity index is 1.66. The van der Waals surface area contributed by atoms with Crippen molar-refractivity contribution in [2.75, 3.05) is 0 Å². The number of imidazole rings is 1. The number of nitrogens with zero attached hydrogens (tertiary/aromatic N) is 5. The number of benzene rings is 2. The van der Waals surface area contributed by atoms with E-state index in [2.05, 4.69) is 20.6 Å². The Kier molecular flexibility index (Phi) is 6.21. The second-order valence-electron chi connectivity index (χ2n) is 7.33. The largest absolute Gasteiger partial charge is 0.335 e. The van der Waals surface area contributed by atoms with Crippen LogP contribution in [-0.2, 0) is 6.54 Å². The second kappa shape index (κ2) is 9.38. The highest BCUT2D eigenvalue weighted by Gasteiger charge is 2.15. The van der Waals surface area contributed by atoms with Gasteiger partial charge in [0.05, 0.1) is 12.2 Å². The van der Waals surface area contributed by atoms with Crippen LogP contribution in [0.15, 0.2) is 65.6 Å². The van der Waals surface area contributed by atoms with Crippen molar-refractivity contribution < 1.29 is 4.79 Å². The molecule has 0 unspecified atom stereocenters. The molecule has 8 heteroatoms. The number of H-pyrrole nitrogens is 1. The summed E-state index contributed by atoms with van der Waals surface area (Å²) in [5, 5.41) is 14.3. The monoisotopic (exact) mass is 428 g/mol. The molecule has 32 heavy (non-hydrogen) atoms. The number of nitrogens with one attached hydrogen (secondary N) is 1. The van der Waals surface area contributed by atoms with E-state index in [1.165, 1.54) is 4.57 Å². The number of aromatic nitrogens is 6. The number of hydrogen-bond acceptors (Lipinski definition) is 5. The van der Waals surface area contributed by atoms with E-state index in [4.69, 9.17) is 0 Å². The van der Waals surface area contributed by atoms with E-state index in [0.29, 0.717) is 18.1 Å². The molecule has 2 heterocycles. The van der Waals surface area contributed by atoms with E-state index in [1.807, 2.05) is 67.6 Å².